The number of rotatable bonds is 5. The van der Waals surface area contributed by atoms with Crippen molar-refractivity contribution in [1.82, 2.24) is 10.3 Å². The molecule has 0 spiro atoms. The molecule has 2 fully saturated rings. The Morgan fingerprint density at radius 1 is 1.37 bits per heavy atom. The van der Waals surface area contributed by atoms with Gasteiger partial charge in [-0.3, -0.25) is 4.98 Å². The molecule has 0 amide bonds. The van der Waals surface area contributed by atoms with Crippen molar-refractivity contribution in [2.75, 3.05) is 18.0 Å². The smallest absolute Gasteiger partial charge is 0.0442 e. The summed E-state index contributed by atoms with van der Waals surface area (Å²) in [4.78, 5) is 6.85. The molecule has 1 atom stereocenters. The zero-order valence-corrected chi connectivity index (χ0v) is 12.1. The van der Waals surface area contributed by atoms with Crippen LogP contribution < -0.4 is 10.2 Å². The molecule has 1 N–H and O–H groups in total. The van der Waals surface area contributed by atoms with Gasteiger partial charge in [-0.15, -0.1) is 0 Å². The Morgan fingerprint density at radius 2 is 2.21 bits per heavy atom. The fourth-order valence-corrected chi connectivity index (χ4v) is 2.96. The zero-order chi connectivity index (χ0) is 13.2. The molecule has 1 aliphatic heterocycles. The standard InChI is InChI=1S/C16H25N3/c1-12(2)13-6-8-19(11-13)16-5-7-17-9-14(16)10-18-15-3-4-15/h5,7,9,12-13,15,18H,3-4,6,8,10-11H2,1-2H3. The van der Waals surface area contributed by atoms with Crippen molar-refractivity contribution >= 4 is 5.69 Å². The molecular weight excluding hydrogens is 234 g/mol. The van der Waals surface area contributed by atoms with E-state index in [9.17, 15) is 0 Å². The molecule has 104 valence electrons. The Kier molecular flexibility index (Phi) is 3.74. The largest absolute Gasteiger partial charge is 0.371 e. The first kappa shape index (κ1) is 12.9. The Labute approximate surface area is 116 Å². The summed E-state index contributed by atoms with van der Waals surface area (Å²) in [7, 11) is 0. The molecule has 19 heavy (non-hydrogen) atoms. The first-order valence-electron chi connectivity index (χ1n) is 7.65. The third-order valence-electron chi connectivity index (χ3n) is 4.54. The first-order chi connectivity index (χ1) is 9.24. The van der Waals surface area contributed by atoms with Gasteiger partial charge in [0.25, 0.3) is 0 Å². The van der Waals surface area contributed by atoms with Crippen molar-refractivity contribution in [2.24, 2.45) is 11.8 Å². The normalized spacial score (nSPS) is 23.3. The van der Waals surface area contributed by atoms with Crippen LogP contribution in [-0.4, -0.2) is 24.1 Å². The topological polar surface area (TPSA) is 28.2 Å². The quantitative estimate of drug-likeness (QED) is 0.881. The number of hydrogen-bond donors (Lipinski definition) is 1. The van der Waals surface area contributed by atoms with E-state index in [-0.39, 0.29) is 0 Å². The molecule has 1 saturated heterocycles. The Balaban J connectivity index is 1.69. The van der Waals surface area contributed by atoms with Gasteiger partial charge < -0.3 is 10.2 Å². The Bertz CT molecular complexity index is 426. The van der Waals surface area contributed by atoms with E-state index in [1.54, 1.807) is 0 Å². The van der Waals surface area contributed by atoms with Crippen molar-refractivity contribution in [1.29, 1.82) is 0 Å². The number of pyridine rings is 1. The molecule has 3 heteroatoms. The van der Waals surface area contributed by atoms with Gasteiger partial charge in [0, 0.05) is 49.3 Å². The molecule has 1 aromatic heterocycles. The van der Waals surface area contributed by atoms with Gasteiger partial charge in [0.05, 0.1) is 0 Å². The summed E-state index contributed by atoms with van der Waals surface area (Å²) in [6, 6.07) is 2.95. The van der Waals surface area contributed by atoms with Crippen LogP contribution in [0.1, 0.15) is 38.7 Å². The van der Waals surface area contributed by atoms with Gasteiger partial charge in [0.15, 0.2) is 0 Å². The van der Waals surface area contributed by atoms with Crippen LogP contribution in [0.15, 0.2) is 18.5 Å². The molecule has 3 rings (SSSR count). The summed E-state index contributed by atoms with van der Waals surface area (Å²) in [6.45, 7) is 8.06. The lowest BCUT2D eigenvalue weighted by Crippen LogP contribution is -2.24. The highest BCUT2D eigenvalue weighted by molar-refractivity contribution is 5.53. The number of aromatic nitrogens is 1. The Hall–Kier alpha value is -1.09. The number of anilines is 1. The van der Waals surface area contributed by atoms with E-state index < -0.39 is 0 Å². The SMILES string of the molecule is CC(C)C1CCN(c2ccncc2CNC2CC2)C1. The molecule has 0 aromatic carbocycles. The van der Waals surface area contributed by atoms with E-state index in [0.717, 1.165) is 24.4 Å². The lowest BCUT2D eigenvalue weighted by Gasteiger charge is -2.23. The third kappa shape index (κ3) is 3.08. The molecule has 1 unspecified atom stereocenters. The minimum atomic E-state index is 0.759. The highest BCUT2D eigenvalue weighted by atomic mass is 15.2. The average Bonchev–Trinajstić information content (AvgIpc) is 3.11. The zero-order valence-electron chi connectivity index (χ0n) is 12.1. The van der Waals surface area contributed by atoms with Gasteiger partial charge in [-0.25, -0.2) is 0 Å². The number of nitrogens with one attached hydrogen (secondary N) is 1. The molecular formula is C16H25N3. The van der Waals surface area contributed by atoms with E-state index in [1.807, 2.05) is 12.4 Å². The Morgan fingerprint density at radius 3 is 2.89 bits per heavy atom. The van der Waals surface area contributed by atoms with Crippen LogP contribution >= 0.6 is 0 Å². The molecule has 1 aromatic rings. The van der Waals surface area contributed by atoms with Crippen LogP contribution in [-0.2, 0) is 6.54 Å². The lowest BCUT2D eigenvalue weighted by atomic mass is 9.95. The van der Waals surface area contributed by atoms with Crippen molar-refractivity contribution in [3.05, 3.63) is 24.0 Å². The van der Waals surface area contributed by atoms with Gasteiger partial charge in [0.2, 0.25) is 0 Å². The highest BCUT2D eigenvalue weighted by Gasteiger charge is 2.26. The van der Waals surface area contributed by atoms with Crippen LogP contribution in [0.5, 0.6) is 0 Å². The molecule has 1 saturated carbocycles. The van der Waals surface area contributed by atoms with E-state index in [0.29, 0.717) is 0 Å². The molecule has 2 heterocycles. The summed E-state index contributed by atoms with van der Waals surface area (Å²) in [6.07, 6.45) is 7.98. The lowest BCUT2D eigenvalue weighted by molar-refractivity contribution is 0.422. The van der Waals surface area contributed by atoms with Gasteiger partial charge in [-0.05, 0) is 37.2 Å². The van der Waals surface area contributed by atoms with Crippen LogP contribution in [0.3, 0.4) is 0 Å². The fourth-order valence-electron chi connectivity index (χ4n) is 2.96. The highest BCUT2D eigenvalue weighted by Crippen LogP contribution is 2.30. The molecule has 1 aliphatic carbocycles. The maximum absolute atomic E-state index is 4.30. The van der Waals surface area contributed by atoms with Crippen LogP contribution in [0.2, 0.25) is 0 Å². The van der Waals surface area contributed by atoms with Crippen molar-refractivity contribution in [2.45, 2.75) is 45.7 Å². The second-order valence-electron chi connectivity index (χ2n) is 6.40. The second-order valence-corrected chi connectivity index (χ2v) is 6.40. The van der Waals surface area contributed by atoms with E-state index in [1.165, 1.54) is 43.6 Å². The predicted octanol–water partition coefficient (Wildman–Crippen LogP) is 2.82. The van der Waals surface area contributed by atoms with Gasteiger partial charge in [-0.2, -0.15) is 0 Å². The van der Waals surface area contributed by atoms with Crippen LogP contribution in [0, 0.1) is 11.8 Å². The van der Waals surface area contributed by atoms with Crippen molar-refractivity contribution in [3.8, 4) is 0 Å². The van der Waals surface area contributed by atoms with E-state index >= 15 is 0 Å². The van der Waals surface area contributed by atoms with Gasteiger partial charge in [-0.1, -0.05) is 13.8 Å². The van der Waals surface area contributed by atoms with Gasteiger partial charge >= 0.3 is 0 Å². The summed E-state index contributed by atoms with van der Waals surface area (Å²) in [5, 5.41) is 3.60. The number of hydrogen-bond acceptors (Lipinski definition) is 3. The average molecular weight is 259 g/mol. The summed E-state index contributed by atoms with van der Waals surface area (Å²) in [5.41, 5.74) is 2.75. The van der Waals surface area contributed by atoms with Crippen molar-refractivity contribution < 1.29 is 0 Å². The third-order valence-corrected chi connectivity index (χ3v) is 4.54. The molecule has 0 radical (unpaired) electrons. The molecule has 0 bridgehead atoms. The molecule has 2 aliphatic rings. The van der Waals surface area contributed by atoms with Crippen molar-refractivity contribution in [3.63, 3.8) is 0 Å². The van der Waals surface area contributed by atoms with Crippen LogP contribution in [0.4, 0.5) is 5.69 Å². The maximum Gasteiger partial charge on any atom is 0.0442 e. The minimum Gasteiger partial charge on any atom is -0.371 e. The van der Waals surface area contributed by atoms with Gasteiger partial charge in [0.1, 0.15) is 0 Å². The summed E-state index contributed by atoms with van der Waals surface area (Å²) in [5.74, 6) is 1.64. The fraction of sp³-hybridized carbons (Fsp3) is 0.688. The maximum atomic E-state index is 4.30. The molecule has 3 nitrogen and oxygen atoms in total. The van der Waals surface area contributed by atoms with E-state index in [4.69, 9.17) is 0 Å². The summed E-state index contributed by atoms with van der Waals surface area (Å²) < 4.78 is 0. The predicted molar refractivity (Wildman–Crippen MR) is 79.3 cm³/mol. The van der Waals surface area contributed by atoms with Crippen LogP contribution in [0.25, 0.3) is 0 Å². The monoisotopic (exact) mass is 259 g/mol. The summed E-state index contributed by atoms with van der Waals surface area (Å²) >= 11 is 0. The minimum absolute atomic E-state index is 0.759. The van der Waals surface area contributed by atoms with E-state index in [2.05, 4.69) is 35.1 Å². The first-order valence-corrected chi connectivity index (χ1v) is 7.65. The second kappa shape index (κ2) is 5.49. The number of nitrogens with zero attached hydrogens (tertiary/aromatic N) is 2.